The highest BCUT2D eigenvalue weighted by Gasteiger charge is 2.15. The molecule has 3 rings (SSSR count). The summed E-state index contributed by atoms with van der Waals surface area (Å²) >= 11 is 5.83. The number of para-hydroxylation sites is 1. The summed E-state index contributed by atoms with van der Waals surface area (Å²) in [5, 5.41) is 24.5. The van der Waals surface area contributed by atoms with Crippen LogP contribution in [0, 0.1) is 5.41 Å². The molecule has 1 amide bonds. The van der Waals surface area contributed by atoms with Gasteiger partial charge in [-0.25, -0.2) is 4.98 Å². The Balaban J connectivity index is 1.74. The highest BCUT2D eigenvalue weighted by atomic mass is 35.5. The number of hydrogen-bond acceptors (Lipinski definition) is 5. The molecule has 0 aliphatic heterocycles. The molecule has 30 heavy (non-hydrogen) atoms. The molecule has 0 spiro atoms. The van der Waals surface area contributed by atoms with Crippen LogP contribution in [0.25, 0.3) is 0 Å². The first-order valence-electron chi connectivity index (χ1n) is 9.20. The van der Waals surface area contributed by atoms with Crippen LogP contribution in [0.5, 0.6) is 0 Å². The van der Waals surface area contributed by atoms with E-state index in [1.807, 2.05) is 0 Å². The number of pyridine rings is 1. The van der Waals surface area contributed by atoms with Gasteiger partial charge < -0.3 is 20.6 Å². The second-order valence-electron chi connectivity index (χ2n) is 6.64. The van der Waals surface area contributed by atoms with Crippen molar-refractivity contribution in [1.82, 2.24) is 4.98 Å². The van der Waals surface area contributed by atoms with Gasteiger partial charge in [0.05, 0.1) is 10.9 Å². The van der Waals surface area contributed by atoms with Crippen LogP contribution in [0.1, 0.15) is 29.1 Å². The first-order chi connectivity index (χ1) is 14.3. The van der Waals surface area contributed by atoms with E-state index in [2.05, 4.69) is 15.6 Å². The molecule has 1 aromatic heterocycles. The largest absolute Gasteiger partial charge is 0.369 e. The summed E-state index contributed by atoms with van der Waals surface area (Å²) in [5.74, 6) is 0.548. The highest BCUT2D eigenvalue weighted by Crippen LogP contribution is 2.25. The molecule has 154 valence electrons. The number of aromatic nitrogens is 1. The summed E-state index contributed by atoms with van der Waals surface area (Å²) in [6, 6.07) is 17.2. The molecule has 0 aliphatic rings. The lowest BCUT2D eigenvalue weighted by Gasteiger charge is -2.19. The first kappa shape index (κ1) is 21.3. The summed E-state index contributed by atoms with van der Waals surface area (Å²) in [4.78, 5) is 18.5. The summed E-state index contributed by atoms with van der Waals surface area (Å²) in [6.45, 7) is 1.69. The number of nitrogens with one attached hydrogen (secondary N) is 3. The number of aliphatic hydroxyl groups is 1. The molecule has 1 unspecified atom stereocenters. The minimum absolute atomic E-state index is 0.306. The number of rotatable bonds is 6. The molecule has 4 N–H and O–H groups in total. The molecule has 0 radical (unpaired) electrons. The third kappa shape index (κ3) is 5.14. The molecule has 0 saturated heterocycles. The van der Waals surface area contributed by atoms with E-state index in [0.717, 1.165) is 5.69 Å². The number of carbonyl (C=O) groups is 1. The fourth-order valence-corrected chi connectivity index (χ4v) is 2.86. The average Bonchev–Trinajstić information content (AvgIpc) is 2.75. The standard InChI is InChI=1S/C22H22ClN5O2/c1-14(24)28(2)17-10-7-15(8-11-17)21(29)26-19-6-4-3-5-18(19)22(30)27-20-12-9-16(23)13-25-20/h3-13,22,24,30H,1-2H3,(H,25,27)(H,26,29). The molecule has 0 bridgehead atoms. The van der Waals surface area contributed by atoms with Crippen molar-refractivity contribution in [1.29, 1.82) is 5.41 Å². The second kappa shape index (κ2) is 9.39. The summed E-state index contributed by atoms with van der Waals surface area (Å²) in [6.07, 6.45) is 0.396. The number of hydrogen-bond donors (Lipinski definition) is 4. The lowest BCUT2D eigenvalue weighted by molar-refractivity contribution is 0.102. The number of anilines is 3. The summed E-state index contributed by atoms with van der Waals surface area (Å²) < 4.78 is 0. The average molecular weight is 424 g/mol. The van der Waals surface area contributed by atoms with Crippen molar-refractivity contribution in [2.75, 3.05) is 22.6 Å². The number of amidine groups is 1. The monoisotopic (exact) mass is 423 g/mol. The fraction of sp³-hybridized carbons (Fsp3) is 0.136. The van der Waals surface area contributed by atoms with Crippen molar-refractivity contribution in [3.05, 3.63) is 83.0 Å². The first-order valence-corrected chi connectivity index (χ1v) is 9.58. The quantitative estimate of drug-likeness (QED) is 0.265. The van der Waals surface area contributed by atoms with E-state index < -0.39 is 6.23 Å². The van der Waals surface area contributed by atoms with Crippen molar-refractivity contribution in [3.8, 4) is 0 Å². The van der Waals surface area contributed by atoms with Crippen LogP contribution in [-0.2, 0) is 0 Å². The molecule has 7 nitrogen and oxygen atoms in total. The fourth-order valence-electron chi connectivity index (χ4n) is 2.75. The van der Waals surface area contributed by atoms with Crippen molar-refractivity contribution >= 4 is 40.5 Å². The van der Waals surface area contributed by atoms with E-state index in [9.17, 15) is 9.90 Å². The van der Waals surface area contributed by atoms with Crippen LogP contribution in [0.4, 0.5) is 17.2 Å². The van der Waals surface area contributed by atoms with Crippen molar-refractivity contribution in [2.24, 2.45) is 0 Å². The van der Waals surface area contributed by atoms with E-state index >= 15 is 0 Å². The van der Waals surface area contributed by atoms with E-state index in [1.165, 1.54) is 6.20 Å². The normalized spacial score (nSPS) is 11.5. The molecular formula is C22H22ClN5O2. The van der Waals surface area contributed by atoms with Crippen molar-refractivity contribution in [2.45, 2.75) is 13.2 Å². The van der Waals surface area contributed by atoms with Gasteiger partial charge in [0.1, 0.15) is 5.82 Å². The van der Waals surface area contributed by atoms with Crippen LogP contribution >= 0.6 is 11.6 Å². The Labute approximate surface area is 179 Å². The van der Waals surface area contributed by atoms with Gasteiger partial charge in [-0.3, -0.25) is 10.2 Å². The highest BCUT2D eigenvalue weighted by molar-refractivity contribution is 6.30. The zero-order valence-corrected chi connectivity index (χ0v) is 17.3. The van der Waals surface area contributed by atoms with Crippen LogP contribution < -0.4 is 15.5 Å². The lowest BCUT2D eigenvalue weighted by atomic mass is 10.1. The molecule has 0 saturated carbocycles. The topological polar surface area (TPSA) is 101 Å². The minimum Gasteiger partial charge on any atom is -0.369 e. The predicted molar refractivity (Wildman–Crippen MR) is 120 cm³/mol. The van der Waals surface area contributed by atoms with E-state index in [-0.39, 0.29) is 5.91 Å². The Kier molecular flexibility index (Phi) is 6.66. The molecule has 1 heterocycles. The molecule has 2 aromatic carbocycles. The number of nitrogens with zero attached hydrogens (tertiary/aromatic N) is 2. The minimum atomic E-state index is -1.08. The van der Waals surface area contributed by atoms with Gasteiger partial charge in [-0.15, -0.1) is 0 Å². The van der Waals surface area contributed by atoms with Gasteiger partial charge in [-0.05, 0) is 49.4 Å². The molecule has 0 aliphatic carbocycles. The second-order valence-corrected chi connectivity index (χ2v) is 7.08. The van der Waals surface area contributed by atoms with E-state index in [0.29, 0.717) is 33.5 Å². The summed E-state index contributed by atoms with van der Waals surface area (Å²) in [7, 11) is 1.79. The van der Waals surface area contributed by atoms with Crippen LogP contribution in [0.2, 0.25) is 5.02 Å². The summed E-state index contributed by atoms with van der Waals surface area (Å²) in [5.41, 5.74) is 2.26. The van der Waals surface area contributed by atoms with Gasteiger partial charge in [0, 0.05) is 35.7 Å². The van der Waals surface area contributed by atoms with Crippen molar-refractivity contribution < 1.29 is 9.90 Å². The zero-order valence-electron chi connectivity index (χ0n) is 16.6. The van der Waals surface area contributed by atoms with Gasteiger partial charge in [-0.1, -0.05) is 29.8 Å². The molecule has 3 aromatic rings. The van der Waals surface area contributed by atoms with Gasteiger partial charge in [0.25, 0.3) is 5.91 Å². The van der Waals surface area contributed by atoms with Crippen molar-refractivity contribution in [3.63, 3.8) is 0 Å². The molecule has 1 atom stereocenters. The third-order valence-electron chi connectivity index (χ3n) is 4.54. The molecular weight excluding hydrogens is 402 g/mol. The van der Waals surface area contributed by atoms with E-state index in [4.69, 9.17) is 17.0 Å². The van der Waals surface area contributed by atoms with Gasteiger partial charge in [0.2, 0.25) is 0 Å². The third-order valence-corrected chi connectivity index (χ3v) is 4.76. The molecule has 8 heteroatoms. The Morgan fingerprint density at radius 2 is 1.83 bits per heavy atom. The molecule has 0 fully saturated rings. The zero-order chi connectivity index (χ0) is 21.7. The van der Waals surface area contributed by atoms with Crippen LogP contribution in [0.15, 0.2) is 66.9 Å². The Morgan fingerprint density at radius 1 is 1.13 bits per heavy atom. The number of carbonyl (C=O) groups excluding carboxylic acids is 1. The maximum absolute atomic E-state index is 12.7. The van der Waals surface area contributed by atoms with Gasteiger partial charge >= 0.3 is 0 Å². The van der Waals surface area contributed by atoms with Gasteiger partial charge in [0.15, 0.2) is 6.23 Å². The van der Waals surface area contributed by atoms with E-state index in [1.54, 1.807) is 79.5 Å². The Hall–Kier alpha value is -3.42. The number of amides is 1. The maximum Gasteiger partial charge on any atom is 0.255 e. The number of aliphatic hydroxyl groups excluding tert-OH is 1. The number of benzene rings is 2. The Morgan fingerprint density at radius 3 is 2.47 bits per heavy atom. The number of halogens is 1. The maximum atomic E-state index is 12.7. The smallest absolute Gasteiger partial charge is 0.255 e. The Bertz CT molecular complexity index is 1040. The predicted octanol–water partition coefficient (Wildman–Crippen LogP) is 4.52. The van der Waals surface area contributed by atoms with Gasteiger partial charge in [-0.2, -0.15) is 0 Å². The van der Waals surface area contributed by atoms with Crippen LogP contribution in [0.3, 0.4) is 0 Å². The lowest BCUT2D eigenvalue weighted by Crippen LogP contribution is -2.22. The SMILES string of the molecule is CC(=N)N(C)c1ccc(C(=O)Nc2ccccc2C(O)Nc2ccc(Cl)cn2)cc1. The van der Waals surface area contributed by atoms with Crippen LogP contribution in [-0.4, -0.2) is 28.9 Å².